The maximum absolute atomic E-state index is 13.8. The molecule has 178 valence electrons. The highest BCUT2D eigenvalue weighted by molar-refractivity contribution is 6.03. The van der Waals surface area contributed by atoms with Crippen LogP contribution >= 0.6 is 0 Å². The highest BCUT2D eigenvalue weighted by atomic mass is 16.5. The molecular weight excluding hydrogens is 430 g/mol. The molecule has 34 heavy (non-hydrogen) atoms. The molecule has 1 aromatic heterocycles. The van der Waals surface area contributed by atoms with E-state index in [9.17, 15) is 9.59 Å². The number of carbonyl (C=O) groups excluding carboxylic acids is 2. The number of methoxy groups -OCH3 is 1. The van der Waals surface area contributed by atoms with E-state index in [1.165, 1.54) is 0 Å². The highest BCUT2D eigenvalue weighted by Crippen LogP contribution is 2.34. The zero-order valence-electron chi connectivity index (χ0n) is 19.8. The summed E-state index contributed by atoms with van der Waals surface area (Å²) in [7, 11) is 1.63. The minimum atomic E-state index is -1.04. The Kier molecular flexibility index (Phi) is 6.04. The van der Waals surface area contributed by atoms with Crippen molar-refractivity contribution < 1.29 is 19.1 Å². The van der Waals surface area contributed by atoms with E-state index in [-0.39, 0.29) is 17.9 Å². The number of ether oxygens (including phenoxy) is 2. The molecule has 2 aromatic carbocycles. The van der Waals surface area contributed by atoms with Crippen molar-refractivity contribution in [1.29, 1.82) is 0 Å². The van der Waals surface area contributed by atoms with Crippen molar-refractivity contribution in [2.75, 3.05) is 26.8 Å². The smallest absolute Gasteiger partial charge is 0.271 e. The first-order valence-corrected chi connectivity index (χ1v) is 11.9. The highest BCUT2D eigenvalue weighted by Gasteiger charge is 2.47. The summed E-state index contributed by atoms with van der Waals surface area (Å²) in [5, 5.41) is 4.04. The molecule has 0 bridgehead atoms. The van der Waals surface area contributed by atoms with Crippen LogP contribution in [0.5, 0.6) is 5.75 Å². The lowest BCUT2D eigenvalue weighted by Crippen LogP contribution is -2.64. The molecule has 7 nitrogen and oxygen atoms in total. The molecule has 7 heteroatoms. The molecule has 2 amide bonds. The van der Waals surface area contributed by atoms with Gasteiger partial charge in [-0.1, -0.05) is 30.3 Å². The molecule has 3 heterocycles. The summed E-state index contributed by atoms with van der Waals surface area (Å²) >= 11 is 0. The van der Waals surface area contributed by atoms with Crippen LogP contribution < -0.4 is 10.1 Å². The van der Waals surface area contributed by atoms with Gasteiger partial charge in [0.05, 0.1) is 25.3 Å². The number of hydrogen-bond acceptors (Lipinski definition) is 4. The first kappa shape index (κ1) is 22.5. The summed E-state index contributed by atoms with van der Waals surface area (Å²) in [6, 6.07) is 17.7. The van der Waals surface area contributed by atoms with Gasteiger partial charge in [-0.05, 0) is 49.9 Å². The fourth-order valence-corrected chi connectivity index (χ4v) is 5.09. The number of rotatable bonds is 7. The minimum absolute atomic E-state index is 0.0387. The standard InChI is InChI=1S/C27H31N3O4/c1-27(26(32)28-17-22-9-6-14-34-22)18-29-23-16-21(33-2)11-10-20(23)15-24(29)25(31)30(27)13-12-19-7-4-3-5-8-19/h3-5,7-8,10-11,15-16,22H,6,9,12-14,17-18H2,1-2H3,(H,28,32). The summed E-state index contributed by atoms with van der Waals surface area (Å²) in [6.07, 6.45) is 2.67. The number of carbonyl (C=O) groups is 2. The number of amides is 2. The van der Waals surface area contributed by atoms with Crippen molar-refractivity contribution in [2.45, 2.75) is 44.4 Å². The fraction of sp³-hybridized carbons (Fsp3) is 0.407. The second-order valence-corrected chi connectivity index (χ2v) is 9.35. The molecule has 0 aliphatic carbocycles. The predicted molar refractivity (Wildman–Crippen MR) is 130 cm³/mol. The molecule has 2 aliphatic heterocycles. The van der Waals surface area contributed by atoms with E-state index < -0.39 is 5.54 Å². The molecule has 2 aliphatic rings. The zero-order valence-corrected chi connectivity index (χ0v) is 19.8. The molecule has 1 saturated heterocycles. The van der Waals surface area contributed by atoms with Gasteiger partial charge in [0.15, 0.2) is 0 Å². The van der Waals surface area contributed by atoms with Crippen molar-refractivity contribution in [1.82, 2.24) is 14.8 Å². The summed E-state index contributed by atoms with van der Waals surface area (Å²) in [5.74, 6) is 0.434. The van der Waals surface area contributed by atoms with Crippen LogP contribution in [0.2, 0.25) is 0 Å². The first-order valence-electron chi connectivity index (χ1n) is 11.9. The van der Waals surface area contributed by atoms with Gasteiger partial charge in [0.25, 0.3) is 5.91 Å². The molecule has 5 rings (SSSR count). The molecule has 1 N–H and O–H groups in total. The van der Waals surface area contributed by atoms with Crippen LogP contribution in [0.15, 0.2) is 54.6 Å². The molecular formula is C27H31N3O4. The van der Waals surface area contributed by atoms with Crippen molar-refractivity contribution in [2.24, 2.45) is 0 Å². The van der Waals surface area contributed by atoms with E-state index in [1.54, 1.807) is 12.0 Å². The normalized spacial score (nSPS) is 22.1. The van der Waals surface area contributed by atoms with Gasteiger partial charge in [-0.15, -0.1) is 0 Å². The summed E-state index contributed by atoms with van der Waals surface area (Å²) < 4.78 is 13.1. The number of nitrogens with one attached hydrogen (secondary N) is 1. The number of hydrogen-bond donors (Lipinski definition) is 1. The third kappa shape index (κ3) is 4.05. The average Bonchev–Trinajstić information content (AvgIpc) is 3.50. The van der Waals surface area contributed by atoms with Crippen molar-refractivity contribution in [3.63, 3.8) is 0 Å². The van der Waals surface area contributed by atoms with Crippen molar-refractivity contribution in [3.8, 4) is 5.75 Å². The second-order valence-electron chi connectivity index (χ2n) is 9.35. The van der Waals surface area contributed by atoms with Crippen LogP contribution in [-0.4, -0.2) is 59.7 Å². The number of aromatic nitrogens is 1. The quantitative estimate of drug-likeness (QED) is 0.585. The molecule has 0 spiro atoms. The monoisotopic (exact) mass is 461 g/mol. The number of fused-ring (bicyclic) bond motifs is 3. The van der Waals surface area contributed by atoms with Crippen LogP contribution in [-0.2, 0) is 22.5 Å². The zero-order chi connectivity index (χ0) is 23.7. The van der Waals surface area contributed by atoms with Crippen LogP contribution in [0, 0.1) is 0 Å². The van der Waals surface area contributed by atoms with Crippen LogP contribution in [0.3, 0.4) is 0 Å². The lowest BCUT2D eigenvalue weighted by Gasteiger charge is -2.44. The van der Waals surface area contributed by atoms with Gasteiger partial charge in [0.1, 0.15) is 17.0 Å². The largest absolute Gasteiger partial charge is 0.497 e. The number of nitrogens with zero attached hydrogens (tertiary/aromatic N) is 2. The maximum Gasteiger partial charge on any atom is 0.271 e. The Balaban J connectivity index is 1.49. The molecule has 2 unspecified atom stereocenters. The maximum atomic E-state index is 13.8. The van der Waals surface area contributed by atoms with Gasteiger partial charge in [-0.25, -0.2) is 0 Å². The molecule has 2 atom stereocenters. The lowest BCUT2D eigenvalue weighted by molar-refractivity contribution is -0.133. The number of benzene rings is 2. The van der Waals surface area contributed by atoms with E-state index >= 15 is 0 Å². The third-order valence-electron chi connectivity index (χ3n) is 7.11. The minimum Gasteiger partial charge on any atom is -0.497 e. The van der Waals surface area contributed by atoms with Gasteiger partial charge in [0.2, 0.25) is 5.91 Å². The Bertz CT molecular complexity index is 1200. The van der Waals surface area contributed by atoms with E-state index in [0.717, 1.165) is 41.7 Å². The van der Waals surface area contributed by atoms with E-state index in [2.05, 4.69) is 5.32 Å². The molecule has 1 fully saturated rings. The summed E-state index contributed by atoms with van der Waals surface area (Å²) in [4.78, 5) is 29.2. The fourth-order valence-electron chi connectivity index (χ4n) is 5.09. The Morgan fingerprint density at radius 2 is 2.03 bits per heavy atom. The topological polar surface area (TPSA) is 72.8 Å². The molecule has 3 aromatic rings. The van der Waals surface area contributed by atoms with Crippen molar-refractivity contribution >= 4 is 22.7 Å². The van der Waals surface area contributed by atoms with Gasteiger partial charge in [-0.3, -0.25) is 9.59 Å². The Morgan fingerprint density at radius 1 is 1.21 bits per heavy atom. The second kappa shape index (κ2) is 9.14. The van der Waals surface area contributed by atoms with Crippen LogP contribution in [0.25, 0.3) is 10.9 Å². The van der Waals surface area contributed by atoms with Gasteiger partial charge >= 0.3 is 0 Å². The van der Waals surface area contributed by atoms with E-state index in [4.69, 9.17) is 9.47 Å². The van der Waals surface area contributed by atoms with Crippen molar-refractivity contribution in [3.05, 3.63) is 65.9 Å². The van der Waals surface area contributed by atoms with E-state index in [1.807, 2.05) is 66.1 Å². The lowest BCUT2D eigenvalue weighted by atomic mass is 9.93. The average molecular weight is 462 g/mol. The summed E-state index contributed by atoms with van der Waals surface area (Å²) in [5.41, 5.74) is 1.59. The molecule has 0 saturated carbocycles. The first-order chi connectivity index (χ1) is 16.5. The summed E-state index contributed by atoms with van der Waals surface area (Å²) in [6.45, 7) is 3.90. The van der Waals surface area contributed by atoms with Crippen LogP contribution in [0.4, 0.5) is 0 Å². The van der Waals surface area contributed by atoms with Gasteiger partial charge < -0.3 is 24.3 Å². The third-order valence-corrected chi connectivity index (χ3v) is 7.11. The Morgan fingerprint density at radius 3 is 2.76 bits per heavy atom. The Labute approximate surface area is 199 Å². The SMILES string of the molecule is COc1ccc2cc3n(c2c1)CC(C)(C(=O)NCC1CCCO1)N(CCc1ccccc1)C3=O. The van der Waals surface area contributed by atoms with Gasteiger partial charge in [-0.2, -0.15) is 0 Å². The Hall–Kier alpha value is -3.32. The molecule has 0 radical (unpaired) electrons. The van der Waals surface area contributed by atoms with Crippen LogP contribution in [0.1, 0.15) is 35.8 Å². The predicted octanol–water partition coefficient (Wildman–Crippen LogP) is 3.40. The van der Waals surface area contributed by atoms with E-state index in [0.29, 0.717) is 31.7 Å². The van der Waals surface area contributed by atoms with Gasteiger partial charge in [0, 0.05) is 31.1 Å².